The molecule has 3 saturated heterocycles. The van der Waals surface area contributed by atoms with Crippen LogP contribution in [-0.4, -0.2) is 55.8 Å². The Morgan fingerprint density at radius 1 is 1.31 bits per heavy atom. The Hall–Kier alpha value is -0.170. The number of rotatable bonds is 5. The van der Waals surface area contributed by atoms with Crippen LogP contribution in [0.2, 0.25) is 0 Å². The van der Waals surface area contributed by atoms with Crippen LogP contribution in [0.15, 0.2) is 0 Å². The summed E-state index contributed by atoms with van der Waals surface area (Å²) in [6, 6.07) is 0.517. The van der Waals surface area contributed by atoms with E-state index in [-0.39, 0.29) is 5.75 Å². The van der Waals surface area contributed by atoms with Gasteiger partial charge in [0.05, 0.1) is 5.75 Å². The van der Waals surface area contributed by atoms with E-state index in [2.05, 4.69) is 10.2 Å². The summed E-state index contributed by atoms with van der Waals surface area (Å²) in [6.07, 6.45) is 3.01. The van der Waals surface area contributed by atoms with Gasteiger partial charge in [0.1, 0.15) is 0 Å². The fourth-order valence-electron chi connectivity index (χ4n) is 2.74. The van der Waals surface area contributed by atoms with Crippen molar-refractivity contribution < 1.29 is 13.0 Å². The number of fused-ring (bicyclic) bond motifs is 3. The molecule has 1 atom stereocenters. The predicted octanol–water partition coefficient (Wildman–Crippen LogP) is -0.0519. The molecule has 0 amide bonds. The Labute approximate surface area is 97.0 Å². The highest BCUT2D eigenvalue weighted by Gasteiger charge is 2.33. The number of hydrogen-bond donors (Lipinski definition) is 2. The van der Waals surface area contributed by atoms with E-state index in [9.17, 15) is 8.42 Å². The van der Waals surface area contributed by atoms with E-state index in [0.29, 0.717) is 19.0 Å². The van der Waals surface area contributed by atoms with E-state index < -0.39 is 10.1 Å². The minimum atomic E-state index is -3.79. The van der Waals surface area contributed by atoms with Crippen LogP contribution in [0.4, 0.5) is 0 Å². The lowest BCUT2D eigenvalue weighted by Gasteiger charge is -2.45. The van der Waals surface area contributed by atoms with Crippen LogP contribution in [-0.2, 0) is 10.1 Å². The molecular formula is C10H20N2O3S. The van der Waals surface area contributed by atoms with Crippen molar-refractivity contribution in [2.75, 3.05) is 31.9 Å². The average Bonchev–Trinajstić information content (AvgIpc) is 2.25. The van der Waals surface area contributed by atoms with Crippen molar-refractivity contribution in [1.82, 2.24) is 10.2 Å². The molecular weight excluding hydrogens is 228 g/mol. The lowest BCUT2D eigenvalue weighted by atomic mass is 9.84. The van der Waals surface area contributed by atoms with Crippen molar-refractivity contribution in [3.05, 3.63) is 0 Å². The highest BCUT2D eigenvalue weighted by atomic mass is 32.2. The number of hydrogen-bond acceptors (Lipinski definition) is 4. The van der Waals surface area contributed by atoms with E-state index in [1.807, 2.05) is 0 Å². The number of piperidine rings is 3. The molecule has 94 valence electrons. The minimum Gasteiger partial charge on any atom is -0.312 e. The fraction of sp³-hybridized carbons (Fsp3) is 1.00. The molecule has 3 aliphatic heterocycles. The molecule has 16 heavy (non-hydrogen) atoms. The lowest BCUT2D eigenvalue weighted by molar-refractivity contribution is 0.0730. The van der Waals surface area contributed by atoms with Gasteiger partial charge in [0, 0.05) is 12.6 Å². The highest BCUT2D eigenvalue weighted by molar-refractivity contribution is 7.85. The third kappa shape index (κ3) is 3.41. The van der Waals surface area contributed by atoms with E-state index in [1.54, 1.807) is 0 Å². The molecule has 2 N–H and O–H groups in total. The highest BCUT2D eigenvalue weighted by Crippen LogP contribution is 2.27. The molecule has 0 saturated carbocycles. The zero-order valence-corrected chi connectivity index (χ0v) is 10.2. The second-order valence-corrected chi connectivity index (χ2v) is 6.41. The summed E-state index contributed by atoms with van der Waals surface area (Å²) in [4.78, 5) is 2.46. The standard InChI is InChI=1S/C10H20N2O3S/c13-16(14,15)7-1-4-11-10-8-12-5-2-9(10)3-6-12/h9-11H,1-8H2,(H,13,14,15). The second-order valence-electron chi connectivity index (χ2n) is 4.84. The molecule has 6 heteroatoms. The van der Waals surface area contributed by atoms with Gasteiger partial charge in [-0.3, -0.25) is 4.55 Å². The van der Waals surface area contributed by atoms with Gasteiger partial charge in [0.25, 0.3) is 10.1 Å². The summed E-state index contributed by atoms with van der Waals surface area (Å²) >= 11 is 0. The first-order valence-electron chi connectivity index (χ1n) is 5.95. The van der Waals surface area contributed by atoms with Gasteiger partial charge in [-0.25, -0.2) is 0 Å². The predicted molar refractivity (Wildman–Crippen MR) is 62.0 cm³/mol. The summed E-state index contributed by atoms with van der Waals surface area (Å²) in [7, 11) is -3.79. The molecule has 0 aliphatic carbocycles. The van der Waals surface area contributed by atoms with Gasteiger partial charge in [0.15, 0.2) is 0 Å². The first-order chi connectivity index (χ1) is 7.54. The third-order valence-corrected chi connectivity index (χ3v) is 4.45. The topological polar surface area (TPSA) is 69.6 Å². The average molecular weight is 248 g/mol. The van der Waals surface area contributed by atoms with Crippen molar-refractivity contribution in [3.63, 3.8) is 0 Å². The molecule has 2 bridgehead atoms. The van der Waals surface area contributed by atoms with Crippen molar-refractivity contribution >= 4 is 10.1 Å². The van der Waals surface area contributed by atoms with Crippen molar-refractivity contribution in [1.29, 1.82) is 0 Å². The fourth-order valence-corrected chi connectivity index (χ4v) is 3.25. The monoisotopic (exact) mass is 248 g/mol. The molecule has 0 radical (unpaired) electrons. The Morgan fingerprint density at radius 2 is 2.00 bits per heavy atom. The van der Waals surface area contributed by atoms with Crippen LogP contribution in [0.1, 0.15) is 19.3 Å². The maximum Gasteiger partial charge on any atom is 0.264 e. The zero-order valence-electron chi connectivity index (χ0n) is 9.43. The van der Waals surface area contributed by atoms with Crippen molar-refractivity contribution in [3.8, 4) is 0 Å². The SMILES string of the molecule is O=S(=O)(O)CCCNC1CN2CCC1CC2. The largest absolute Gasteiger partial charge is 0.312 e. The van der Waals surface area contributed by atoms with Gasteiger partial charge >= 0.3 is 0 Å². The lowest BCUT2D eigenvalue weighted by Crippen LogP contribution is -2.56. The zero-order chi connectivity index (χ0) is 11.6. The quantitative estimate of drug-likeness (QED) is 0.527. The van der Waals surface area contributed by atoms with Crippen LogP contribution >= 0.6 is 0 Å². The van der Waals surface area contributed by atoms with Crippen LogP contribution < -0.4 is 5.32 Å². The van der Waals surface area contributed by atoms with Crippen LogP contribution in [0.3, 0.4) is 0 Å². The van der Waals surface area contributed by atoms with Crippen LogP contribution in [0.5, 0.6) is 0 Å². The minimum absolute atomic E-state index is 0.138. The second kappa shape index (κ2) is 5.00. The number of nitrogens with one attached hydrogen (secondary N) is 1. The Bertz CT molecular complexity index is 323. The van der Waals surface area contributed by atoms with Gasteiger partial charge < -0.3 is 10.2 Å². The Morgan fingerprint density at radius 3 is 2.50 bits per heavy atom. The smallest absolute Gasteiger partial charge is 0.264 e. The van der Waals surface area contributed by atoms with Gasteiger partial charge in [0.2, 0.25) is 0 Å². The Kier molecular flexibility index (Phi) is 3.84. The molecule has 0 aromatic rings. The first kappa shape index (κ1) is 12.3. The Balaban J connectivity index is 1.67. The molecule has 3 fully saturated rings. The maximum atomic E-state index is 10.5. The first-order valence-corrected chi connectivity index (χ1v) is 7.56. The van der Waals surface area contributed by atoms with E-state index in [1.165, 1.54) is 25.9 Å². The van der Waals surface area contributed by atoms with Crippen LogP contribution in [0, 0.1) is 5.92 Å². The van der Waals surface area contributed by atoms with Gasteiger partial charge in [-0.2, -0.15) is 8.42 Å². The summed E-state index contributed by atoms with van der Waals surface area (Å²) in [5.41, 5.74) is 0. The summed E-state index contributed by atoms with van der Waals surface area (Å²) in [6.45, 7) is 4.20. The van der Waals surface area contributed by atoms with Gasteiger partial charge in [-0.05, 0) is 44.8 Å². The molecule has 0 aromatic heterocycles. The molecule has 3 heterocycles. The summed E-state index contributed by atoms with van der Waals surface area (Å²) in [5.74, 6) is 0.622. The van der Waals surface area contributed by atoms with Crippen molar-refractivity contribution in [2.24, 2.45) is 5.92 Å². The van der Waals surface area contributed by atoms with Crippen molar-refractivity contribution in [2.45, 2.75) is 25.3 Å². The molecule has 3 rings (SSSR count). The van der Waals surface area contributed by atoms with Gasteiger partial charge in [-0.1, -0.05) is 0 Å². The number of nitrogens with zero attached hydrogens (tertiary/aromatic N) is 1. The van der Waals surface area contributed by atoms with E-state index in [0.717, 1.165) is 12.5 Å². The van der Waals surface area contributed by atoms with Crippen LogP contribution in [0.25, 0.3) is 0 Å². The van der Waals surface area contributed by atoms with Gasteiger partial charge in [-0.15, -0.1) is 0 Å². The maximum absolute atomic E-state index is 10.5. The third-order valence-electron chi connectivity index (χ3n) is 3.64. The molecule has 0 spiro atoms. The van der Waals surface area contributed by atoms with E-state index in [4.69, 9.17) is 4.55 Å². The molecule has 3 aliphatic rings. The molecule has 1 unspecified atom stereocenters. The molecule has 5 nitrogen and oxygen atoms in total. The van der Waals surface area contributed by atoms with E-state index >= 15 is 0 Å². The summed E-state index contributed by atoms with van der Waals surface area (Å²) < 4.78 is 29.7. The normalized spacial score (nSPS) is 34.2. The summed E-state index contributed by atoms with van der Waals surface area (Å²) in [5, 5.41) is 3.41. The molecule has 0 aromatic carbocycles.